The third kappa shape index (κ3) is 5.51. The molecule has 2 N–H and O–H groups in total. The molecule has 1 heterocycles. The number of sulfonamides is 1. The first kappa shape index (κ1) is 23.6. The maximum absolute atomic E-state index is 13.1. The molecule has 0 aliphatic carbocycles. The SMILES string of the molecule is O=C(NCc1ccccc1S(=O)(=O)N1CCOCC1)c1ccc(NC(=O)c2ccccc2)cc1. The number of carbonyl (C=O) groups excluding carboxylic acids is 2. The zero-order valence-electron chi connectivity index (χ0n) is 18.4. The minimum absolute atomic E-state index is 0.0606. The molecule has 0 saturated carbocycles. The van der Waals surface area contributed by atoms with Crippen LogP contribution in [0, 0.1) is 0 Å². The zero-order valence-corrected chi connectivity index (χ0v) is 19.3. The molecule has 1 aliphatic heterocycles. The van der Waals surface area contributed by atoms with Crippen LogP contribution < -0.4 is 10.6 Å². The summed E-state index contributed by atoms with van der Waals surface area (Å²) in [4.78, 5) is 25.1. The summed E-state index contributed by atoms with van der Waals surface area (Å²) in [6.07, 6.45) is 0. The van der Waals surface area contributed by atoms with Crippen LogP contribution in [0.3, 0.4) is 0 Å². The molecule has 0 bridgehead atoms. The van der Waals surface area contributed by atoms with Crippen molar-refractivity contribution >= 4 is 27.5 Å². The second-order valence-corrected chi connectivity index (χ2v) is 9.61. The highest BCUT2D eigenvalue weighted by atomic mass is 32.2. The Bertz CT molecular complexity index is 1260. The molecule has 2 amide bonds. The predicted molar refractivity (Wildman–Crippen MR) is 128 cm³/mol. The van der Waals surface area contributed by atoms with Crippen molar-refractivity contribution in [2.24, 2.45) is 0 Å². The molecule has 1 saturated heterocycles. The van der Waals surface area contributed by atoms with Gasteiger partial charge in [-0.1, -0.05) is 36.4 Å². The molecule has 4 rings (SSSR count). The van der Waals surface area contributed by atoms with Crippen molar-refractivity contribution in [3.63, 3.8) is 0 Å². The van der Waals surface area contributed by atoms with Gasteiger partial charge in [-0.2, -0.15) is 4.31 Å². The van der Waals surface area contributed by atoms with E-state index in [-0.39, 0.29) is 23.3 Å². The van der Waals surface area contributed by atoms with Crippen LogP contribution in [-0.4, -0.2) is 50.8 Å². The molecule has 176 valence electrons. The maximum Gasteiger partial charge on any atom is 0.255 e. The summed E-state index contributed by atoms with van der Waals surface area (Å²) in [6, 6.07) is 22.0. The average Bonchev–Trinajstić information content (AvgIpc) is 2.89. The number of nitrogens with one attached hydrogen (secondary N) is 2. The van der Waals surface area contributed by atoms with E-state index in [4.69, 9.17) is 4.74 Å². The first-order chi connectivity index (χ1) is 16.4. The fraction of sp³-hybridized carbons (Fsp3) is 0.200. The number of carbonyl (C=O) groups is 2. The van der Waals surface area contributed by atoms with Crippen molar-refractivity contribution in [3.8, 4) is 0 Å². The van der Waals surface area contributed by atoms with Crippen molar-refractivity contribution in [2.45, 2.75) is 11.4 Å². The number of hydrogen-bond donors (Lipinski definition) is 2. The monoisotopic (exact) mass is 479 g/mol. The summed E-state index contributed by atoms with van der Waals surface area (Å²) < 4.78 is 32.8. The van der Waals surface area contributed by atoms with E-state index in [0.29, 0.717) is 48.7 Å². The van der Waals surface area contributed by atoms with Crippen molar-refractivity contribution in [2.75, 3.05) is 31.6 Å². The molecule has 0 radical (unpaired) electrons. The standard InChI is InChI=1S/C25H25N3O5S/c29-24(20-10-12-22(13-11-20)27-25(30)19-6-2-1-3-7-19)26-18-21-8-4-5-9-23(21)34(31,32)28-14-16-33-17-15-28/h1-13H,14-18H2,(H,26,29)(H,27,30). The van der Waals surface area contributed by atoms with E-state index in [2.05, 4.69) is 10.6 Å². The normalized spacial score (nSPS) is 14.4. The summed E-state index contributed by atoms with van der Waals surface area (Å²) >= 11 is 0. The van der Waals surface area contributed by atoms with E-state index >= 15 is 0 Å². The lowest BCUT2D eigenvalue weighted by atomic mass is 10.1. The van der Waals surface area contributed by atoms with Gasteiger partial charge in [0, 0.05) is 36.4 Å². The minimum Gasteiger partial charge on any atom is -0.379 e. The summed E-state index contributed by atoms with van der Waals surface area (Å²) in [5.41, 5.74) is 2.00. The number of amides is 2. The lowest BCUT2D eigenvalue weighted by molar-refractivity contribution is 0.0730. The van der Waals surface area contributed by atoms with Crippen molar-refractivity contribution in [3.05, 3.63) is 95.6 Å². The van der Waals surface area contributed by atoms with Gasteiger partial charge in [-0.3, -0.25) is 9.59 Å². The summed E-state index contributed by atoms with van der Waals surface area (Å²) in [7, 11) is -3.68. The maximum atomic E-state index is 13.1. The van der Waals surface area contributed by atoms with Crippen LogP contribution in [-0.2, 0) is 21.3 Å². The Kier molecular flexibility index (Phi) is 7.36. The Morgan fingerprint density at radius 1 is 0.794 bits per heavy atom. The van der Waals surface area contributed by atoms with Gasteiger partial charge in [0.1, 0.15) is 0 Å². The lowest BCUT2D eigenvalue weighted by Gasteiger charge is -2.27. The number of nitrogens with zero attached hydrogens (tertiary/aromatic N) is 1. The van der Waals surface area contributed by atoms with E-state index in [9.17, 15) is 18.0 Å². The van der Waals surface area contributed by atoms with E-state index in [1.54, 1.807) is 72.8 Å². The first-order valence-corrected chi connectivity index (χ1v) is 12.3. The fourth-order valence-corrected chi connectivity index (χ4v) is 5.23. The van der Waals surface area contributed by atoms with Crippen LogP contribution in [0.5, 0.6) is 0 Å². The summed E-state index contributed by atoms with van der Waals surface area (Å²) in [5.74, 6) is -0.588. The van der Waals surface area contributed by atoms with Crippen LogP contribution in [0.25, 0.3) is 0 Å². The Morgan fingerprint density at radius 3 is 2.12 bits per heavy atom. The fourth-order valence-electron chi connectivity index (χ4n) is 3.60. The average molecular weight is 480 g/mol. The smallest absolute Gasteiger partial charge is 0.255 e. The Balaban J connectivity index is 1.40. The number of rotatable bonds is 7. The van der Waals surface area contributed by atoms with Gasteiger partial charge >= 0.3 is 0 Å². The van der Waals surface area contributed by atoms with E-state index in [0.717, 1.165) is 0 Å². The summed E-state index contributed by atoms with van der Waals surface area (Å²) in [5, 5.41) is 5.57. The highest BCUT2D eigenvalue weighted by Crippen LogP contribution is 2.21. The highest BCUT2D eigenvalue weighted by Gasteiger charge is 2.28. The molecule has 0 unspecified atom stereocenters. The topological polar surface area (TPSA) is 105 Å². The van der Waals surface area contributed by atoms with Crippen LogP contribution in [0.1, 0.15) is 26.3 Å². The molecular weight excluding hydrogens is 454 g/mol. The second kappa shape index (κ2) is 10.6. The number of morpholine rings is 1. The molecule has 0 aromatic heterocycles. The number of hydrogen-bond acceptors (Lipinski definition) is 5. The van der Waals surface area contributed by atoms with Gasteiger partial charge in [-0.05, 0) is 48.0 Å². The zero-order chi connectivity index (χ0) is 24.0. The van der Waals surface area contributed by atoms with Gasteiger partial charge in [-0.15, -0.1) is 0 Å². The minimum atomic E-state index is -3.68. The van der Waals surface area contributed by atoms with E-state index < -0.39 is 10.0 Å². The molecule has 34 heavy (non-hydrogen) atoms. The number of anilines is 1. The predicted octanol–water partition coefficient (Wildman–Crippen LogP) is 2.89. The molecule has 8 nitrogen and oxygen atoms in total. The van der Waals surface area contributed by atoms with Gasteiger partial charge < -0.3 is 15.4 Å². The molecule has 3 aromatic carbocycles. The van der Waals surface area contributed by atoms with Gasteiger partial charge in [0.25, 0.3) is 11.8 Å². The molecular formula is C25H25N3O5S. The number of ether oxygens (including phenoxy) is 1. The van der Waals surface area contributed by atoms with Gasteiger partial charge in [-0.25, -0.2) is 8.42 Å². The first-order valence-electron chi connectivity index (χ1n) is 10.9. The highest BCUT2D eigenvalue weighted by molar-refractivity contribution is 7.89. The Hall–Kier alpha value is -3.53. The number of benzene rings is 3. The van der Waals surface area contributed by atoms with Crippen molar-refractivity contribution < 1.29 is 22.7 Å². The molecule has 1 fully saturated rings. The molecule has 1 aliphatic rings. The van der Waals surface area contributed by atoms with Crippen molar-refractivity contribution in [1.29, 1.82) is 0 Å². The quantitative estimate of drug-likeness (QED) is 0.542. The summed E-state index contributed by atoms with van der Waals surface area (Å²) in [6.45, 7) is 1.39. The van der Waals surface area contributed by atoms with Crippen LogP contribution in [0.2, 0.25) is 0 Å². The second-order valence-electron chi connectivity index (χ2n) is 7.70. The Morgan fingerprint density at radius 2 is 1.41 bits per heavy atom. The van der Waals surface area contributed by atoms with Crippen LogP contribution in [0.15, 0.2) is 83.8 Å². The van der Waals surface area contributed by atoms with E-state index in [1.165, 1.54) is 4.31 Å². The Labute approximate surface area is 198 Å². The molecule has 0 atom stereocenters. The van der Waals surface area contributed by atoms with E-state index in [1.807, 2.05) is 6.07 Å². The van der Waals surface area contributed by atoms with Gasteiger partial charge in [0.05, 0.1) is 18.1 Å². The van der Waals surface area contributed by atoms with Crippen molar-refractivity contribution in [1.82, 2.24) is 9.62 Å². The lowest BCUT2D eigenvalue weighted by Crippen LogP contribution is -2.41. The van der Waals surface area contributed by atoms with Gasteiger partial charge in [0.15, 0.2) is 0 Å². The molecule has 3 aromatic rings. The third-order valence-electron chi connectivity index (χ3n) is 5.44. The molecule has 0 spiro atoms. The molecule has 9 heteroatoms. The van der Waals surface area contributed by atoms with Gasteiger partial charge in [0.2, 0.25) is 10.0 Å². The largest absolute Gasteiger partial charge is 0.379 e. The van der Waals surface area contributed by atoms with Crippen LogP contribution in [0.4, 0.5) is 5.69 Å². The van der Waals surface area contributed by atoms with Crippen LogP contribution >= 0.6 is 0 Å². The third-order valence-corrected chi connectivity index (χ3v) is 7.44.